The molecular formula is C22H25N3OS. The normalized spacial score (nSPS) is 10.8. The molecule has 1 aromatic heterocycles. The molecule has 0 radical (unpaired) electrons. The van der Waals surface area contributed by atoms with Crippen LogP contribution in [-0.2, 0) is 6.42 Å². The molecule has 0 spiro atoms. The highest BCUT2D eigenvalue weighted by molar-refractivity contribution is 7.98. The summed E-state index contributed by atoms with van der Waals surface area (Å²) in [7, 11) is 1.87. The highest BCUT2D eigenvalue weighted by Gasteiger charge is 2.14. The van der Waals surface area contributed by atoms with Gasteiger partial charge in [0.05, 0.1) is 5.69 Å². The van der Waals surface area contributed by atoms with E-state index >= 15 is 0 Å². The van der Waals surface area contributed by atoms with E-state index < -0.39 is 0 Å². The number of aromatic amines is 1. The summed E-state index contributed by atoms with van der Waals surface area (Å²) in [4.78, 5) is 15.7. The highest BCUT2D eigenvalue weighted by atomic mass is 32.2. The Labute approximate surface area is 165 Å². The molecule has 4 nitrogen and oxygen atoms in total. The van der Waals surface area contributed by atoms with Crippen LogP contribution in [0.5, 0.6) is 0 Å². The number of rotatable bonds is 7. The van der Waals surface area contributed by atoms with E-state index in [0.29, 0.717) is 6.54 Å². The van der Waals surface area contributed by atoms with Crippen molar-refractivity contribution in [2.24, 2.45) is 0 Å². The van der Waals surface area contributed by atoms with Gasteiger partial charge in [-0.1, -0.05) is 36.4 Å². The summed E-state index contributed by atoms with van der Waals surface area (Å²) in [6.07, 6.45) is 3.78. The van der Waals surface area contributed by atoms with E-state index in [-0.39, 0.29) is 5.91 Å². The lowest BCUT2D eigenvalue weighted by Crippen LogP contribution is -2.28. The van der Waals surface area contributed by atoms with E-state index in [9.17, 15) is 4.79 Å². The summed E-state index contributed by atoms with van der Waals surface area (Å²) >= 11 is 1.65. The average molecular weight is 380 g/mol. The largest absolute Gasteiger partial charge is 0.342 e. The molecule has 0 saturated carbocycles. The third-order valence-corrected chi connectivity index (χ3v) is 5.39. The average Bonchev–Trinajstić information content (AvgIpc) is 3.17. The van der Waals surface area contributed by atoms with Crippen LogP contribution in [0.2, 0.25) is 0 Å². The molecule has 0 aliphatic rings. The molecule has 0 atom stereocenters. The second-order valence-electron chi connectivity index (χ2n) is 6.66. The fourth-order valence-corrected chi connectivity index (χ4v) is 3.46. The van der Waals surface area contributed by atoms with E-state index in [0.717, 1.165) is 45.8 Å². The molecule has 5 heteroatoms. The minimum Gasteiger partial charge on any atom is -0.342 e. The predicted octanol–water partition coefficient (Wildman–Crippen LogP) is 4.81. The zero-order valence-corrected chi connectivity index (χ0v) is 16.8. The molecule has 0 aliphatic carbocycles. The molecule has 0 bridgehead atoms. The Hall–Kier alpha value is -2.53. The van der Waals surface area contributed by atoms with Gasteiger partial charge in [-0.3, -0.25) is 9.89 Å². The van der Waals surface area contributed by atoms with Gasteiger partial charge >= 0.3 is 0 Å². The number of aromatic nitrogens is 2. The molecule has 0 fully saturated rings. The van der Waals surface area contributed by atoms with Crippen LogP contribution in [0.4, 0.5) is 0 Å². The van der Waals surface area contributed by atoms with Crippen LogP contribution in [0.25, 0.3) is 11.3 Å². The molecular weight excluding hydrogens is 354 g/mol. The van der Waals surface area contributed by atoms with Crippen molar-refractivity contribution in [3.63, 3.8) is 0 Å². The molecule has 1 amide bonds. The summed E-state index contributed by atoms with van der Waals surface area (Å²) in [6.45, 7) is 2.70. The lowest BCUT2D eigenvalue weighted by atomic mass is 10.1. The summed E-state index contributed by atoms with van der Waals surface area (Å²) < 4.78 is 0. The zero-order chi connectivity index (χ0) is 19.2. The first-order chi connectivity index (χ1) is 13.1. The summed E-state index contributed by atoms with van der Waals surface area (Å²) in [6, 6.07) is 18.3. The van der Waals surface area contributed by atoms with Crippen LogP contribution in [0.15, 0.2) is 59.5 Å². The van der Waals surface area contributed by atoms with E-state index in [1.165, 1.54) is 0 Å². The number of H-pyrrole nitrogens is 1. The molecule has 1 N–H and O–H groups in total. The lowest BCUT2D eigenvalue weighted by molar-refractivity contribution is 0.0792. The lowest BCUT2D eigenvalue weighted by Gasteiger charge is -2.18. The van der Waals surface area contributed by atoms with E-state index in [1.807, 2.05) is 50.6 Å². The number of carbonyl (C=O) groups excluding carboxylic acids is 1. The minimum absolute atomic E-state index is 0.0815. The van der Waals surface area contributed by atoms with Crippen molar-refractivity contribution in [2.75, 3.05) is 19.8 Å². The Bertz CT molecular complexity index is 905. The Morgan fingerprint density at radius 3 is 2.67 bits per heavy atom. The van der Waals surface area contributed by atoms with Gasteiger partial charge < -0.3 is 4.90 Å². The smallest absolute Gasteiger partial charge is 0.253 e. The molecule has 3 rings (SSSR count). The number of carbonyl (C=O) groups is 1. The first kappa shape index (κ1) is 19.2. The first-order valence-electron chi connectivity index (χ1n) is 9.08. The van der Waals surface area contributed by atoms with Crippen molar-refractivity contribution in [2.45, 2.75) is 24.7 Å². The first-order valence-corrected chi connectivity index (χ1v) is 10.3. The van der Waals surface area contributed by atoms with Crippen molar-refractivity contribution < 1.29 is 4.79 Å². The SMILES string of the molecule is CSc1ccc(C)c(C(=O)N(C)CCCc2cc(-c3ccccc3)n[nH]2)c1. The van der Waals surface area contributed by atoms with Crippen LogP contribution >= 0.6 is 11.8 Å². The van der Waals surface area contributed by atoms with E-state index in [4.69, 9.17) is 0 Å². The zero-order valence-electron chi connectivity index (χ0n) is 16.0. The summed E-state index contributed by atoms with van der Waals surface area (Å²) in [5, 5.41) is 7.50. The Morgan fingerprint density at radius 2 is 1.93 bits per heavy atom. The number of aryl methyl sites for hydroxylation is 2. The number of nitrogens with one attached hydrogen (secondary N) is 1. The third-order valence-electron chi connectivity index (χ3n) is 4.66. The van der Waals surface area contributed by atoms with Crippen LogP contribution in [0, 0.1) is 6.92 Å². The standard InChI is InChI=1S/C22H25N3OS/c1-16-11-12-19(27-3)15-20(16)22(26)25(2)13-7-10-18-14-21(24-23-18)17-8-5-4-6-9-17/h4-6,8-9,11-12,14-15H,7,10,13H2,1-3H3,(H,23,24). The predicted molar refractivity (Wildman–Crippen MR) is 112 cm³/mol. The van der Waals surface area contributed by atoms with Crippen molar-refractivity contribution in [1.29, 1.82) is 0 Å². The van der Waals surface area contributed by atoms with Gasteiger partial charge in [-0.15, -0.1) is 11.8 Å². The maximum Gasteiger partial charge on any atom is 0.253 e. The second-order valence-corrected chi connectivity index (χ2v) is 7.54. The Morgan fingerprint density at radius 1 is 1.15 bits per heavy atom. The topological polar surface area (TPSA) is 49.0 Å². The molecule has 27 heavy (non-hydrogen) atoms. The maximum absolute atomic E-state index is 12.8. The van der Waals surface area contributed by atoms with Gasteiger partial charge in [-0.25, -0.2) is 0 Å². The van der Waals surface area contributed by atoms with Gasteiger partial charge in [0.2, 0.25) is 0 Å². The minimum atomic E-state index is 0.0815. The Kier molecular flexibility index (Phi) is 6.35. The summed E-state index contributed by atoms with van der Waals surface area (Å²) in [5.41, 5.74) is 4.97. The highest BCUT2D eigenvalue weighted by Crippen LogP contribution is 2.21. The molecule has 0 unspecified atom stereocenters. The monoisotopic (exact) mass is 379 g/mol. The fourth-order valence-electron chi connectivity index (χ4n) is 3.02. The van der Waals surface area contributed by atoms with Gasteiger partial charge in [0.15, 0.2) is 0 Å². The fraction of sp³-hybridized carbons (Fsp3) is 0.273. The van der Waals surface area contributed by atoms with Crippen LogP contribution in [0.1, 0.15) is 28.0 Å². The molecule has 2 aromatic carbocycles. The number of amides is 1. The van der Waals surface area contributed by atoms with Crippen LogP contribution in [-0.4, -0.2) is 40.9 Å². The van der Waals surface area contributed by atoms with Crippen molar-refractivity contribution in [1.82, 2.24) is 15.1 Å². The van der Waals surface area contributed by atoms with E-state index in [1.54, 1.807) is 16.7 Å². The van der Waals surface area contributed by atoms with Crippen molar-refractivity contribution in [3.8, 4) is 11.3 Å². The number of benzene rings is 2. The van der Waals surface area contributed by atoms with Gasteiger partial charge in [0, 0.05) is 35.3 Å². The van der Waals surface area contributed by atoms with Crippen molar-refractivity contribution in [3.05, 3.63) is 71.4 Å². The van der Waals surface area contributed by atoms with Crippen LogP contribution < -0.4 is 0 Å². The second kappa shape index (κ2) is 8.91. The van der Waals surface area contributed by atoms with Crippen molar-refractivity contribution >= 4 is 17.7 Å². The molecule has 140 valence electrons. The van der Waals surface area contributed by atoms with Gasteiger partial charge in [0.25, 0.3) is 5.91 Å². The summed E-state index contributed by atoms with van der Waals surface area (Å²) in [5.74, 6) is 0.0815. The van der Waals surface area contributed by atoms with Gasteiger partial charge in [-0.05, 0) is 49.8 Å². The number of nitrogens with zero attached hydrogens (tertiary/aromatic N) is 2. The Balaban J connectivity index is 1.56. The van der Waals surface area contributed by atoms with Gasteiger partial charge in [-0.2, -0.15) is 5.10 Å². The molecule has 0 saturated heterocycles. The molecule has 0 aliphatic heterocycles. The maximum atomic E-state index is 12.8. The number of hydrogen-bond donors (Lipinski definition) is 1. The third kappa shape index (κ3) is 4.80. The van der Waals surface area contributed by atoms with Crippen LogP contribution in [0.3, 0.4) is 0 Å². The molecule has 1 heterocycles. The van der Waals surface area contributed by atoms with E-state index in [2.05, 4.69) is 34.5 Å². The van der Waals surface area contributed by atoms with Gasteiger partial charge in [0.1, 0.15) is 0 Å². The number of hydrogen-bond acceptors (Lipinski definition) is 3. The quantitative estimate of drug-likeness (QED) is 0.599. The number of thioether (sulfide) groups is 1. The molecule has 3 aromatic rings.